The molecule has 0 aliphatic rings. The van der Waals surface area contributed by atoms with Crippen LogP contribution in [0.4, 0.5) is 11.4 Å². The number of hydrogen-bond donors (Lipinski definition) is 2. The van der Waals surface area contributed by atoms with E-state index in [1.165, 1.54) is 25.3 Å². The fourth-order valence-electron chi connectivity index (χ4n) is 2.31. The second-order valence-corrected chi connectivity index (χ2v) is 5.83. The van der Waals surface area contributed by atoms with Crippen molar-refractivity contribution >= 4 is 23.3 Å². The summed E-state index contributed by atoms with van der Waals surface area (Å²) in [6, 6.07) is 18.9. The Morgan fingerprint density at radius 2 is 1.66 bits per heavy atom. The van der Waals surface area contributed by atoms with E-state index >= 15 is 0 Å². The molecule has 8 heteroatoms. The minimum Gasteiger partial charge on any atom is -0.508 e. The van der Waals surface area contributed by atoms with Crippen LogP contribution in [0, 0.1) is 0 Å². The fraction of sp³-hybridized carbons (Fsp3) is 0.0476. The number of phenolic OH excluding ortho intramolecular Hbond substituents is 1. The Hall–Kier alpha value is -4.20. The molecule has 0 radical (unpaired) electrons. The molecule has 0 fully saturated rings. The molecule has 0 unspecified atom stereocenters. The van der Waals surface area contributed by atoms with Gasteiger partial charge in [-0.3, -0.25) is 4.79 Å². The number of anilines is 1. The minimum atomic E-state index is -0.574. The summed E-state index contributed by atoms with van der Waals surface area (Å²) in [4.78, 5) is 29.0. The largest absolute Gasteiger partial charge is 0.508 e. The number of amides is 1. The topological polar surface area (TPSA) is 110 Å². The summed E-state index contributed by atoms with van der Waals surface area (Å²) in [6.07, 6.45) is 0. The van der Waals surface area contributed by atoms with Crippen LogP contribution in [-0.4, -0.2) is 24.1 Å². The van der Waals surface area contributed by atoms with Gasteiger partial charge in [-0.1, -0.05) is 12.1 Å². The fourth-order valence-corrected chi connectivity index (χ4v) is 2.31. The van der Waals surface area contributed by atoms with Gasteiger partial charge in [-0.05, 0) is 60.7 Å². The second-order valence-electron chi connectivity index (χ2n) is 5.83. The van der Waals surface area contributed by atoms with Crippen molar-refractivity contribution < 1.29 is 24.3 Å². The van der Waals surface area contributed by atoms with Gasteiger partial charge in [-0.15, -0.1) is 10.2 Å². The van der Waals surface area contributed by atoms with Gasteiger partial charge in [-0.2, -0.15) is 0 Å². The molecule has 0 bridgehead atoms. The molecule has 3 rings (SSSR count). The van der Waals surface area contributed by atoms with Crippen molar-refractivity contribution in [3.8, 4) is 11.5 Å². The molecule has 3 aromatic carbocycles. The first-order valence-corrected chi connectivity index (χ1v) is 8.51. The van der Waals surface area contributed by atoms with E-state index in [-0.39, 0.29) is 11.3 Å². The number of benzene rings is 3. The third kappa shape index (κ3) is 5.39. The molecule has 0 heterocycles. The highest BCUT2D eigenvalue weighted by atomic mass is 16.7. The monoisotopic (exact) mass is 391 g/mol. The summed E-state index contributed by atoms with van der Waals surface area (Å²) in [5.41, 5.74) is 4.07. The first kappa shape index (κ1) is 19.6. The standard InChI is InChI=1S/C21H17N3O5/c1-28-19-7-3-5-15(13-19)21(27)29-24-17-10-8-16(9-11-17)22-23-20(26)14-4-2-6-18(25)12-14/h2-13,24-25H,1H3. The van der Waals surface area contributed by atoms with Gasteiger partial charge in [0, 0.05) is 5.56 Å². The van der Waals surface area contributed by atoms with Crippen LogP contribution >= 0.6 is 0 Å². The van der Waals surface area contributed by atoms with Gasteiger partial charge in [0.15, 0.2) is 0 Å². The van der Waals surface area contributed by atoms with E-state index in [0.717, 1.165) is 0 Å². The number of hydrogen-bond acceptors (Lipinski definition) is 7. The average molecular weight is 391 g/mol. The van der Waals surface area contributed by atoms with Crippen molar-refractivity contribution in [2.75, 3.05) is 12.6 Å². The number of carbonyl (C=O) groups excluding carboxylic acids is 2. The molecule has 1 amide bonds. The van der Waals surface area contributed by atoms with Crippen molar-refractivity contribution in [1.82, 2.24) is 0 Å². The van der Waals surface area contributed by atoms with Gasteiger partial charge in [0.2, 0.25) is 0 Å². The van der Waals surface area contributed by atoms with E-state index in [9.17, 15) is 14.7 Å². The van der Waals surface area contributed by atoms with E-state index in [0.29, 0.717) is 22.7 Å². The van der Waals surface area contributed by atoms with Gasteiger partial charge >= 0.3 is 5.97 Å². The van der Waals surface area contributed by atoms with Gasteiger partial charge in [-0.25, -0.2) is 10.3 Å². The van der Waals surface area contributed by atoms with E-state index in [4.69, 9.17) is 9.57 Å². The first-order chi connectivity index (χ1) is 14.0. The van der Waals surface area contributed by atoms with Crippen LogP contribution < -0.4 is 10.2 Å². The molecule has 146 valence electrons. The molecule has 29 heavy (non-hydrogen) atoms. The molecule has 0 atom stereocenters. The van der Waals surface area contributed by atoms with E-state index < -0.39 is 11.9 Å². The Labute approximate surface area is 166 Å². The Balaban J connectivity index is 1.57. The molecule has 0 aliphatic heterocycles. The molecule has 0 aliphatic carbocycles. The molecular formula is C21H17N3O5. The lowest BCUT2D eigenvalue weighted by Gasteiger charge is -2.07. The number of aromatic hydroxyl groups is 1. The number of phenols is 1. The maximum absolute atomic E-state index is 12.1. The number of nitrogens with zero attached hydrogens (tertiary/aromatic N) is 2. The maximum atomic E-state index is 12.1. The summed E-state index contributed by atoms with van der Waals surface area (Å²) >= 11 is 0. The predicted molar refractivity (Wildman–Crippen MR) is 105 cm³/mol. The molecule has 0 spiro atoms. The maximum Gasteiger partial charge on any atom is 0.362 e. The smallest absolute Gasteiger partial charge is 0.362 e. The van der Waals surface area contributed by atoms with Crippen LogP contribution in [0.1, 0.15) is 20.7 Å². The molecule has 2 N–H and O–H groups in total. The summed E-state index contributed by atoms with van der Waals surface area (Å²) in [5.74, 6) is -0.612. The third-order valence-corrected chi connectivity index (χ3v) is 3.78. The zero-order valence-electron chi connectivity index (χ0n) is 15.4. The van der Waals surface area contributed by atoms with Gasteiger partial charge in [0.1, 0.15) is 11.5 Å². The quantitative estimate of drug-likeness (QED) is 0.473. The number of methoxy groups -OCH3 is 1. The average Bonchev–Trinajstić information content (AvgIpc) is 2.76. The number of nitrogens with one attached hydrogen (secondary N) is 1. The van der Waals surface area contributed by atoms with Crippen molar-refractivity contribution in [2.24, 2.45) is 10.2 Å². The number of azo groups is 1. The van der Waals surface area contributed by atoms with Crippen molar-refractivity contribution in [3.63, 3.8) is 0 Å². The summed E-state index contributed by atoms with van der Waals surface area (Å²) in [5, 5.41) is 16.9. The number of carbonyl (C=O) groups is 2. The zero-order chi connectivity index (χ0) is 20.6. The van der Waals surface area contributed by atoms with E-state index in [1.807, 2.05) is 0 Å². The Bertz CT molecular complexity index is 1050. The lowest BCUT2D eigenvalue weighted by atomic mass is 10.2. The lowest BCUT2D eigenvalue weighted by molar-refractivity contribution is 0.0596. The van der Waals surface area contributed by atoms with Crippen LogP contribution in [0.15, 0.2) is 83.0 Å². The SMILES string of the molecule is COc1cccc(C(=O)ONc2ccc(N=NC(=O)c3cccc(O)c3)cc2)c1. The van der Waals surface area contributed by atoms with Crippen LogP contribution in [0.25, 0.3) is 0 Å². The number of rotatable bonds is 6. The van der Waals surface area contributed by atoms with Crippen molar-refractivity contribution in [1.29, 1.82) is 0 Å². The predicted octanol–water partition coefficient (Wildman–Crippen LogP) is 4.51. The Morgan fingerprint density at radius 1 is 0.931 bits per heavy atom. The van der Waals surface area contributed by atoms with Crippen LogP contribution in [0.5, 0.6) is 11.5 Å². The molecule has 0 aromatic heterocycles. The van der Waals surface area contributed by atoms with Crippen LogP contribution in [-0.2, 0) is 4.84 Å². The Kier molecular flexibility index (Phi) is 6.16. The highest BCUT2D eigenvalue weighted by Gasteiger charge is 2.09. The van der Waals surface area contributed by atoms with Crippen LogP contribution in [0.2, 0.25) is 0 Å². The molecule has 0 saturated carbocycles. The number of ether oxygens (including phenoxy) is 1. The molecular weight excluding hydrogens is 374 g/mol. The Morgan fingerprint density at radius 3 is 2.38 bits per heavy atom. The second kappa shape index (κ2) is 9.14. The molecule has 0 saturated heterocycles. The van der Waals surface area contributed by atoms with Gasteiger partial charge in [0.05, 0.1) is 24.0 Å². The summed E-state index contributed by atoms with van der Waals surface area (Å²) < 4.78 is 5.07. The molecule has 3 aromatic rings. The van der Waals surface area contributed by atoms with Crippen molar-refractivity contribution in [3.05, 3.63) is 83.9 Å². The van der Waals surface area contributed by atoms with Gasteiger partial charge < -0.3 is 14.7 Å². The van der Waals surface area contributed by atoms with Crippen LogP contribution in [0.3, 0.4) is 0 Å². The normalized spacial score (nSPS) is 10.5. The van der Waals surface area contributed by atoms with E-state index in [1.54, 1.807) is 54.6 Å². The highest BCUT2D eigenvalue weighted by Crippen LogP contribution is 2.19. The third-order valence-electron chi connectivity index (χ3n) is 3.78. The summed E-state index contributed by atoms with van der Waals surface area (Å²) in [7, 11) is 1.51. The van der Waals surface area contributed by atoms with E-state index in [2.05, 4.69) is 15.7 Å². The first-order valence-electron chi connectivity index (χ1n) is 8.51. The minimum absolute atomic E-state index is 0.0232. The zero-order valence-corrected chi connectivity index (χ0v) is 15.4. The van der Waals surface area contributed by atoms with Gasteiger partial charge in [0.25, 0.3) is 5.91 Å². The highest BCUT2D eigenvalue weighted by molar-refractivity contribution is 5.95. The van der Waals surface area contributed by atoms with Crippen molar-refractivity contribution in [2.45, 2.75) is 0 Å². The lowest BCUT2D eigenvalue weighted by Crippen LogP contribution is -2.10. The summed E-state index contributed by atoms with van der Waals surface area (Å²) in [6.45, 7) is 0. The molecule has 8 nitrogen and oxygen atoms in total.